The molecule has 0 radical (unpaired) electrons. The number of hydrogen-bond donors (Lipinski definition) is 1. The highest BCUT2D eigenvalue weighted by molar-refractivity contribution is 5.81. The standard InChI is InChI=1S/C25H36FNO10/c1-23(2,3)35-20(29)27-16(19(28)32-10)11-14-12-17(33-21(30)36-24(4,5)6)18(13-15(14)26)34-22(31)37-25(7,8)9/h12-13,16H,11H2,1-10H3,(H,27,29)/t16-/m0/s1. The predicted molar refractivity (Wildman–Crippen MR) is 129 cm³/mol. The number of methoxy groups -OCH3 is 1. The fraction of sp³-hybridized carbons (Fsp3) is 0.600. The molecule has 208 valence electrons. The summed E-state index contributed by atoms with van der Waals surface area (Å²) >= 11 is 0. The summed E-state index contributed by atoms with van der Waals surface area (Å²) < 4.78 is 45.3. The molecule has 0 aliphatic rings. The molecule has 0 saturated carbocycles. The summed E-state index contributed by atoms with van der Waals surface area (Å²) in [6.45, 7) is 14.5. The smallest absolute Gasteiger partial charge is 0.467 e. The Labute approximate surface area is 215 Å². The van der Waals surface area contributed by atoms with Crippen molar-refractivity contribution < 1.29 is 52.0 Å². The van der Waals surface area contributed by atoms with Gasteiger partial charge in [0, 0.05) is 12.5 Å². The number of nitrogens with one attached hydrogen (secondary N) is 1. The largest absolute Gasteiger partial charge is 0.514 e. The van der Waals surface area contributed by atoms with Gasteiger partial charge in [0.15, 0.2) is 11.5 Å². The molecule has 11 nitrogen and oxygen atoms in total. The predicted octanol–water partition coefficient (Wildman–Crippen LogP) is 5.06. The number of carbonyl (C=O) groups excluding carboxylic acids is 4. The summed E-state index contributed by atoms with van der Waals surface area (Å²) in [6, 6.07) is 0.452. The van der Waals surface area contributed by atoms with Crippen LogP contribution in [0.3, 0.4) is 0 Å². The molecule has 1 amide bonds. The first-order valence-electron chi connectivity index (χ1n) is 11.4. The SMILES string of the molecule is COC(=O)[C@H](Cc1cc(OC(=O)OC(C)(C)C)c(OC(=O)OC(C)(C)C)cc1F)NC(=O)OC(C)(C)C. The van der Waals surface area contributed by atoms with Crippen LogP contribution in [-0.2, 0) is 30.2 Å². The first-order valence-corrected chi connectivity index (χ1v) is 11.4. The van der Waals surface area contributed by atoms with Crippen molar-refractivity contribution in [1.29, 1.82) is 0 Å². The molecular formula is C25H36FNO10. The maximum atomic E-state index is 15.1. The van der Waals surface area contributed by atoms with Gasteiger partial charge in [-0.25, -0.2) is 23.6 Å². The average molecular weight is 530 g/mol. The van der Waals surface area contributed by atoms with Crippen molar-refractivity contribution in [2.24, 2.45) is 0 Å². The summed E-state index contributed by atoms with van der Waals surface area (Å²) in [5.74, 6) is -2.68. The van der Waals surface area contributed by atoms with Gasteiger partial charge in [-0.3, -0.25) is 0 Å². The lowest BCUT2D eigenvalue weighted by molar-refractivity contribution is -0.143. The molecule has 12 heteroatoms. The Kier molecular flexibility index (Phi) is 10.3. The molecule has 1 atom stereocenters. The zero-order chi connectivity index (χ0) is 28.8. The number of amides is 1. The number of halogens is 1. The number of ether oxygens (including phenoxy) is 6. The molecule has 1 aromatic carbocycles. The molecule has 37 heavy (non-hydrogen) atoms. The third kappa shape index (κ3) is 12.3. The maximum Gasteiger partial charge on any atom is 0.514 e. The van der Waals surface area contributed by atoms with Crippen LogP contribution in [0.25, 0.3) is 0 Å². The van der Waals surface area contributed by atoms with Gasteiger partial charge in [0.2, 0.25) is 0 Å². The van der Waals surface area contributed by atoms with Crippen molar-refractivity contribution in [2.75, 3.05) is 7.11 Å². The Morgan fingerprint density at radius 1 is 0.784 bits per heavy atom. The topological polar surface area (TPSA) is 136 Å². The average Bonchev–Trinajstić information content (AvgIpc) is 2.65. The lowest BCUT2D eigenvalue weighted by Crippen LogP contribution is -2.45. The first kappa shape index (κ1) is 31.5. The van der Waals surface area contributed by atoms with Gasteiger partial charge >= 0.3 is 24.4 Å². The van der Waals surface area contributed by atoms with Gasteiger partial charge in [-0.15, -0.1) is 0 Å². The first-order chi connectivity index (χ1) is 16.7. The second-order valence-corrected chi connectivity index (χ2v) is 10.9. The van der Waals surface area contributed by atoms with Gasteiger partial charge in [-0.1, -0.05) is 0 Å². The van der Waals surface area contributed by atoms with Crippen molar-refractivity contribution in [3.8, 4) is 11.5 Å². The summed E-state index contributed by atoms with van der Waals surface area (Å²) in [4.78, 5) is 49.0. The second-order valence-electron chi connectivity index (χ2n) is 10.9. The minimum Gasteiger partial charge on any atom is -0.467 e. The van der Waals surface area contributed by atoms with Crippen LogP contribution in [0.5, 0.6) is 11.5 Å². The monoisotopic (exact) mass is 529 g/mol. The highest BCUT2D eigenvalue weighted by atomic mass is 19.1. The number of hydrogen-bond acceptors (Lipinski definition) is 10. The van der Waals surface area contributed by atoms with E-state index in [9.17, 15) is 19.2 Å². The van der Waals surface area contributed by atoms with Crippen molar-refractivity contribution in [2.45, 2.75) is 91.6 Å². The van der Waals surface area contributed by atoms with E-state index in [0.717, 1.165) is 19.2 Å². The zero-order valence-electron chi connectivity index (χ0n) is 22.9. The van der Waals surface area contributed by atoms with E-state index >= 15 is 4.39 Å². The molecule has 1 aromatic rings. The fourth-order valence-electron chi connectivity index (χ4n) is 2.62. The Bertz CT molecular complexity index is 1000. The van der Waals surface area contributed by atoms with Crippen LogP contribution in [0.15, 0.2) is 12.1 Å². The van der Waals surface area contributed by atoms with E-state index in [2.05, 4.69) is 5.32 Å². The summed E-state index contributed by atoms with van der Waals surface area (Å²) in [7, 11) is 1.09. The van der Waals surface area contributed by atoms with E-state index in [1.54, 1.807) is 62.3 Å². The van der Waals surface area contributed by atoms with Crippen molar-refractivity contribution in [3.05, 3.63) is 23.5 Å². The zero-order valence-corrected chi connectivity index (χ0v) is 22.9. The number of rotatable bonds is 6. The Morgan fingerprint density at radius 2 is 1.22 bits per heavy atom. The summed E-state index contributed by atoms with van der Waals surface area (Å²) in [5, 5.41) is 2.32. The van der Waals surface area contributed by atoms with E-state index in [1.807, 2.05) is 0 Å². The lowest BCUT2D eigenvalue weighted by atomic mass is 10.0. The fourth-order valence-corrected chi connectivity index (χ4v) is 2.62. The van der Waals surface area contributed by atoms with Crippen LogP contribution in [0.1, 0.15) is 67.9 Å². The van der Waals surface area contributed by atoms with Crippen LogP contribution < -0.4 is 14.8 Å². The minimum absolute atomic E-state index is 0.179. The molecule has 0 heterocycles. The van der Waals surface area contributed by atoms with Crippen molar-refractivity contribution >= 4 is 24.4 Å². The van der Waals surface area contributed by atoms with E-state index in [4.69, 9.17) is 28.4 Å². The molecule has 1 rings (SSSR count). The van der Waals surface area contributed by atoms with Gasteiger partial charge in [0.25, 0.3) is 0 Å². The van der Waals surface area contributed by atoms with E-state index in [0.29, 0.717) is 0 Å². The molecule has 0 bridgehead atoms. The number of esters is 1. The van der Waals surface area contributed by atoms with E-state index < -0.39 is 71.0 Å². The van der Waals surface area contributed by atoms with Gasteiger partial charge < -0.3 is 33.7 Å². The molecule has 0 unspecified atom stereocenters. The normalized spacial score (nSPS) is 12.6. The van der Waals surface area contributed by atoms with Crippen LogP contribution in [-0.4, -0.2) is 54.3 Å². The van der Waals surface area contributed by atoms with Crippen molar-refractivity contribution in [3.63, 3.8) is 0 Å². The molecule has 0 spiro atoms. The van der Waals surface area contributed by atoms with Gasteiger partial charge in [-0.2, -0.15) is 0 Å². The Hall–Kier alpha value is -3.57. The highest BCUT2D eigenvalue weighted by Gasteiger charge is 2.29. The Balaban J connectivity index is 3.36. The van der Waals surface area contributed by atoms with Crippen LogP contribution >= 0.6 is 0 Å². The molecule has 1 N–H and O–H groups in total. The Morgan fingerprint density at radius 3 is 1.62 bits per heavy atom. The number of carbonyl (C=O) groups is 4. The molecule has 0 aromatic heterocycles. The second kappa shape index (κ2) is 12.1. The van der Waals surface area contributed by atoms with Crippen LogP contribution in [0.2, 0.25) is 0 Å². The maximum absolute atomic E-state index is 15.1. The summed E-state index contributed by atoms with van der Waals surface area (Å²) in [5.41, 5.74) is -2.87. The highest BCUT2D eigenvalue weighted by Crippen LogP contribution is 2.33. The van der Waals surface area contributed by atoms with Gasteiger partial charge in [0.05, 0.1) is 7.11 Å². The molecule has 0 aliphatic carbocycles. The molecule has 0 fully saturated rings. The number of alkyl carbamates (subject to hydrolysis) is 1. The molecular weight excluding hydrogens is 493 g/mol. The minimum atomic E-state index is -1.36. The molecule has 0 saturated heterocycles. The third-order valence-electron chi connectivity index (χ3n) is 3.88. The lowest BCUT2D eigenvalue weighted by Gasteiger charge is -2.23. The molecule has 0 aliphatic heterocycles. The van der Waals surface area contributed by atoms with Gasteiger partial charge in [-0.05, 0) is 73.9 Å². The summed E-state index contributed by atoms with van der Waals surface area (Å²) in [6.07, 6.45) is -3.68. The van der Waals surface area contributed by atoms with Crippen LogP contribution in [0.4, 0.5) is 18.8 Å². The van der Waals surface area contributed by atoms with Crippen molar-refractivity contribution in [1.82, 2.24) is 5.32 Å². The van der Waals surface area contributed by atoms with Gasteiger partial charge in [0.1, 0.15) is 28.7 Å². The van der Waals surface area contributed by atoms with Crippen LogP contribution in [0, 0.1) is 5.82 Å². The number of benzene rings is 1. The van der Waals surface area contributed by atoms with E-state index in [-0.39, 0.29) is 5.56 Å². The van der Waals surface area contributed by atoms with E-state index in [1.165, 1.54) is 0 Å². The third-order valence-corrected chi connectivity index (χ3v) is 3.88. The quantitative estimate of drug-likeness (QED) is 0.302.